The minimum Gasteiger partial charge on any atom is -0.320 e. The maximum Gasteiger partial charge on any atom is 0.0761 e. The third kappa shape index (κ3) is 2.93. The number of halogens is 3. The summed E-state index contributed by atoms with van der Waals surface area (Å²) in [6.07, 6.45) is 0. The van der Waals surface area contributed by atoms with Crippen molar-refractivity contribution in [3.05, 3.63) is 53.6 Å². The zero-order valence-electron chi connectivity index (χ0n) is 9.01. The lowest BCUT2D eigenvalue weighted by Gasteiger charge is -2.14. The van der Waals surface area contributed by atoms with Gasteiger partial charge in [0.2, 0.25) is 0 Å². The SMILES string of the molecule is Cc1cc(Cl)ccc1C(N)c1cc(Br)sc1Br. The van der Waals surface area contributed by atoms with Gasteiger partial charge in [0.15, 0.2) is 0 Å². The summed E-state index contributed by atoms with van der Waals surface area (Å²) in [4.78, 5) is 0. The molecule has 1 atom stereocenters. The fourth-order valence-corrected chi connectivity index (χ4v) is 4.88. The van der Waals surface area contributed by atoms with Gasteiger partial charge in [0.05, 0.1) is 13.6 Å². The van der Waals surface area contributed by atoms with E-state index in [1.807, 2.05) is 31.2 Å². The Morgan fingerprint density at radius 2 is 1.94 bits per heavy atom. The molecule has 0 fully saturated rings. The molecule has 1 aromatic carbocycles. The molecule has 1 nitrogen and oxygen atoms in total. The molecule has 0 radical (unpaired) electrons. The summed E-state index contributed by atoms with van der Waals surface area (Å²) in [5, 5.41) is 0.740. The molecule has 0 aliphatic carbocycles. The van der Waals surface area contributed by atoms with Crippen molar-refractivity contribution < 1.29 is 0 Å². The van der Waals surface area contributed by atoms with Crippen LogP contribution in [0.15, 0.2) is 31.8 Å². The Balaban J connectivity index is 2.43. The lowest BCUT2D eigenvalue weighted by molar-refractivity contribution is 0.862. The van der Waals surface area contributed by atoms with Crippen LogP contribution in [-0.2, 0) is 0 Å². The number of aryl methyl sites for hydroxylation is 1. The number of hydrogen-bond donors (Lipinski definition) is 1. The number of benzene rings is 1. The maximum absolute atomic E-state index is 6.29. The molecule has 90 valence electrons. The predicted octanol–water partition coefficient (Wildman–Crippen LogP) is 5.28. The molecule has 0 aliphatic heterocycles. The highest BCUT2D eigenvalue weighted by atomic mass is 79.9. The van der Waals surface area contributed by atoms with Crippen LogP contribution in [0, 0.1) is 6.92 Å². The zero-order chi connectivity index (χ0) is 12.6. The molecule has 0 spiro atoms. The second kappa shape index (κ2) is 5.41. The first-order chi connectivity index (χ1) is 7.99. The van der Waals surface area contributed by atoms with Crippen molar-refractivity contribution in [3.8, 4) is 0 Å². The summed E-state index contributed by atoms with van der Waals surface area (Å²) in [6, 6.07) is 7.71. The van der Waals surface area contributed by atoms with E-state index in [2.05, 4.69) is 31.9 Å². The molecule has 1 unspecified atom stereocenters. The highest BCUT2D eigenvalue weighted by molar-refractivity contribution is 9.12. The highest BCUT2D eigenvalue weighted by Crippen LogP contribution is 2.37. The number of thiophene rings is 1. The normalized spacial score (nSPS) is 12.8. The van der Waals surface area contributed by atoms with Crippen LogP contribution < -0.4 is 5.73 Å². The van der Waals surface area contributed by atoms with E-state index in [0.717, 1.165) is 29.3 Å². The molecule has 5 heteroatoms. The van der Waals surface area contributed by atoms with E-state index in [0.29, 0.717) is 0 Å². The third-order valence-electron chi connectivity index (χ3n) is 2.59. The lowest BCUT2D eigenvalue weighted by atomic mass is 9.98. The molecule has 1 heterocycles. The zero-order valence-corrected chi connectivity index (χ0v) is 13.8. The Labute approximate surface area is 126 Å². The van der Waals surface area contributed by atoms with Gasteiger partial charge >= 0.3 is 0 Å². The first-order valence-electron chi connectivity index (χ1n) is 4.95. The van der Waals surface area contributed by atoms with Gasteiger partial charge in [-0.25, -0.2) is 0 Å². The van der Waals surface area contributed by atoms with Gasteiger partial charge in [0, 0.05) is 5.02 Å². The van der Waals surface area contributed by atoms with Gasteiger partial charge in [-0.05, 0) is 73.7 Å². The fourth-order valence-electron chi connectivity index (χ4n) is 1.72. The molecule has 2 rings (SSSR count). The quantitative estimate of drug-likeness (QED) is 0.735. The maximum atomic E-state index is 6.29. The fraction of sp³-hybridized carbons (Fsp3) is 0.167. The number of hydrogen-bond acceptors (Lipinski definition) is 2. The van der Waals surface area contributed by atoms with E-state index in [9.17, 15) is 0 Å². The first kappa shape index (κ1) is 13.6. The largest absolute Gasteiger partial charge is 0.320 e. The van der Waals surface area contributed by atoms with Crippen molar-refractivity contribution >= 4 is 54.8 Å². The lowest BCUT2D eigenvalue weighted by Crippen LogP contribution is -2.12. The average Bonchev–Trinajstić information content (AvgIpc) is 2.57. The van der Waals surface area contributed by atoms with Gasteiger partial charge in [-0.3, -0.25) is 0 Å². The second-order valence-electron chi connectivity index (χ2n) is 3.76. The standard InChI is InChI=1S/C12H10Br2ClNS/c1-6-4-7(15)2-3-8(6)11(16)9-5-10(13)17-12(9)14/h2-5,11H,16H2,1H3. The van der Waals surface area contributed by atoms with Gasteiger partial charge in [-0.2, -0.15) is 0 Å². The minimum absolute atomic E-state index is 0.135. The highest BCUT2D eigenvalue weighted by Gasteiger charge is 2.16. The van der Waals surface area contributed by atoms with Gasteiger partial charge in [0.1, 0.15) is 0 Å². The van der Waals surface area contributed by atoms with Crippen molar-refractivity contribution in [1.82, 2.24) is 0 Å². The van der Waals surface area contributed by atoms with Gasteiger partial charge in [-0.15, -0.1) is 11.3 Å². The van der Waals surface area contributed by atoms with E-state index >= 15 is 0 Å². The Kier molecular flexibility index (Phi) is 4.31. The summed E-state index contributed by atoms with van der Waals surface area (Å²) in [7, 11) is 0. The van der Waals surface area contributed by atoms with E-state index in [1.165, 1.54) is 0 Å². The Bertz CT molecular complexity index is 553. The van der Waals surface area contributed by atoms with Gasteiger partial charge in [-0.1, -0.05) is 17.7 Å². The Morgan fingerprint density at radius 3 is 2.47 bits per heavy atom. The molecular formula is C12H10Br2ClNS. The van der Waals surface area contributed by atoms with Gasteiger partial charge < -0.3 is 5.73 Å². The summed E-state index contributed by atoms with van der Waals surface area (Å²) < 4.78 is 2.13. The van der Waals surface area contributed by atoms with Crippen molar-refractivity contribution in [2.75, 3.05) is 0 Å². The van der Waals surface area contributed by atoms with E-state index < -0.39 is 0 Å². The predicted molar refractivity (Wildman–Crippen MR) is 81.9 cm³/mol. The van der Waals surface area contributed by atoms with Crippen LogP contribution in [0.5, 0.6) is 0 Å². The van der Waals surface area contributed by atoms with Crippen LogP contribution >= 0.6 is 54.8 Å². The van der Waals surface area contributed by atoms with Gasteiger partial charge in [0.25, 0.3) is 0 Å². The summed E-state index contributed by atoms with van der Waals surface area (Å²) in [6.45, 7) is 2.02. The number of nitrogens with two attached hydrogens (primary N) is 1. The van der Waals surface area contributed by atoms with Crippen molar-refractivity contribution in [3.63, 3.8) is 0 Å². The molecule has 0 aliphatic rings. The van der Waals surface area contributed by atoms with E-state index in [-0.39, 0.29) is 6.04 Å². The summed E-state index contributed by atoms with van der Waals surface area (Å²) >= 11 is 14.6. The van der Waals surface area contributed by atoms with E-state index in [1.54, 1.807) is 11.3 Å². The summed E-state index contributed by atoms with van der Waals surface area (Å²) in [5.74, 6) is 0. The summed E-state index contributed by atoms with van der Waals surface area (Å²) in [5.41, 5.74) is 9.59. The molecule has 0 saturated heterocycles. The van der Waals surface area contributed by atoms with Crippen LogP contribution in [0.3, 0.4) is 0 Å². The molecule has 2 N–H and O–H groups in total. The molecule has 0 saturated carbocycles. The van der Waals surface area contributed by atoms with Crippen molar-refractivity contribution in [1.29, 1.82) is 0 Å². The molecule has 17 heavy (non-hydrogen) atoms. The second-order valence-corrected chi connectivity index (χ2v) is 7.94. The monoisotopic (exact) mass is 393 g/mol. The topological polar surface area (TPSA) is 26.0 Å². The third-order valence-corrected chi connectivity index (χ3v) is 5.21. The van der Waals surface area contributed by atoms with Crippen LogP contribution in [0.4, 0.5) is 0 Å². The minimum atomic E-state index is -0.135. The molecule has 0 amide bonds. The molecule has 0 bridgehead atoms. The molecular weight excluding hydrogens is 385 g/mol. The van der Waals surface area contributed by atoms with Crippen molar-refractivity contribution in [2.24, 2.45) is 5.73 Å². The Hall–Kier alpha value is 0.130. The molecule has 1 aromatic heterocycles. The first-order valence-corrected chi connectivity index (χ1v) is 7.73. The van der Waals surface area contributed by atoms with Crippen LogP contribution in [-0.4, -0.2) is 0 Å². The molecule has 2 aromatic rings. The smallest absolute Gasteiger partial charge is 0.0761 e. The number of rotatable bonds is 2. The average molecular weight is 396 g/mol. The van der Waals surface area contributed by atoms with Crippen LogP contribution in [0.2, 0.25) is 5.02 Å². The van der Waals surface area contributed by atoms with Crippen molar-refractivity contribution in [2.45, 2.75) is 13.0 Å². The van der Waals surface area contributed by atoms with E-state index in [4.69, 9.17) is 17.3 Å². The Morgan fingerprint density at radius 1 is 1.24 bits per heavy atom. The van der Waals surface area contributed by atoms with Crippen LogP contribution in [0.25, 0.3) is 0 Å². The van der Waals surface area contributed by atoms with Crippen LogP contribution in [0.1, 0.15) is 22.7 Å².